The normalized spacial score (nSPS) is 20.1. The van der Waals surface area contributed by atoms with E-state index in [1.165, 1.54) is 10.9 Å². The van der Waals surface area contributed by atoms with Gasteiger partial charge in [-0.3, -0.25) is 9.59 Å². The number of hydrogen-bond acceptors (Lipinski definition) is 5. The van der Waals surface area contributed by atoms with Gasteiger partial charge in [-0.1, -0.05) is 26.0 Å². The first kappa shape index (κ1) is 23.7. The van der Waals surface area contributed by atoms with Crippen molar-refractivity contribution in [1.82, 2.24) is 9.80 Å². The van der Waals surface area contributed by atoms with Crippen LogP contribution in [0.25, 0.3) is 0 Å². The molecule has 1 aromatic heterocycles. The number of fused-ring (bicyclic) bond motifs is 1. The summed E-state index contributed by atoms with van der Waals surface area (Å²) in [6.07, 6.45) is 2.62. The lowest BCUT2D eigenvalue weighted by atomic mass is 10.00. The maximum absolute atomic E-state index is 14.1. The Morgan fingerprint density at radius 2 is 2.12 bits per heavy atom. The van der Waals surface area contributed by atoms with E-state index in [0.29, 0.717) is 19.7 Å². The standard InChI is InChI=1S/C25H31FN2O4S/c1-17(2)25(30)27(14-18-6-5-12-31-18)15-24(29)28-11-9-23-19(10-13-33-23)21(28)16-32-22-8-4-3-7-20(22)26/h3-4,7-8,10,13,17-18,21H,5-6,9,11-12,14-16H2,1-2H3/t18-,21-/m0/s1. The summed E-state index contributed by atoms with van der Waals surface area (Å²) in [6.45, 7) is 5.52. The van der Waals surface area contributed by atoms with E-state index >= 15 is 0 Å². The van der Waals surface area contributed by atoms with Gasteiger partial charge < -0.3 is 19.3 Å². The smallest absolute Gasteiger partial charge is 0.242 e. The van der Waals surface area contributed by atoms with Gasteiger partial charge in [0.1, 0.15) is 6.61 Å². The van der Waals surface area contributed by atoms with Crippen LogP contribution in [0.5, 0.6) is 5.75 Å². The van der Waals surface area contributed by atoms with Crippen LogP contribution in [0.4, 0.5) is 4.39 Å². The number of carbonyl (C=O) groups excluding carboxylic acids is 2. The van der Waals surface area contributed by atoms with Crippen molar-refractivity contribution in [3.05, 3.63) is 52.0 Å². The number of hydrogen-bond donors (Lipinski definition) is 0. The molecule has 0 saturated carbocycles. The van der Waals surface area contributed by atoms with Crippen molar-refractivity contribution in [2.45, 2.75) is 45.3 Å². The highest BCUT2D eigenvalue weighted by Crippen LogP contribution is 2.34. The number of carbonyl (C=O) groups is 2. The Morgan fingerprint density at radius 3 is 2.85 bits per heavy atom. The average Bonchev–Trinajstić information content (AvgIpc) is 3.49. The molecule has 33 heavy (non-hydrogen) atoms. The molecule has 2 atom stereocenters. The maximum atomic E-state index is 14.1. The quantitative estimate of drug-likeness (QED) is 0.579. The van der Waals surface area contributed by atoms with Gasteiger partial charge in [-0.2, -0.15) is 0 Å². The summed E-state index contributed by atoms with van der Waals surface area (Å²) in [6, 6.07) is 7.96. The monoisotopic (exact) mass is 474 g/mol. The Balaban J connectivity index is 1.50. The Bertz CT molecular complexity index is 973. The molecule has 178 valence electrons. The number of rotatable bonds is 8. The summed E-state index contributed by atoms with van der Waals surface area (Å²) in [5, 5.41) is 2.01. The van der Waals surface area contributed by atoms with Crippen LogP contribution in [0.3, 0.4) is 0 Å². The van der Waals surface area contributed by atoms with Crippen molar-refractivity contribution in [3.8, 4) is 5.75 Å². The van der Waals surface area contributed by atoms with E-state index in [2.05, 4.69) is 0 Å². The molecule has 1 aromatic carbocycles. The molecular weight excluding hydrogens is 443 g/mol. The van der Waals surface area contributed by atoms with Crippen molar-refractivity contribution in [2.24, 2.45) is 5.92 Å². The number of nitrogens with zero attached hydrogens (tertiary/aromatic N) is 2. The van der Waals surface area contributed by atoms with Crippen molar-refractivity contribution >= 4 is 23.2 Å². The minimum atomic E-state index is -0.429. The zero-order chi connectivity index (χ0) is 23.4. The summed E-state index contributed by atoms with van der Waals surface area (Å²) in [5.41, 5.74) is 1.04. The third kappa shape index (κ3) is 5.55. The number of thiophene rings is 1. The van der Waals surface area contributed by atoms with E-state index in [1.807, 2.05) is 25.3 Å². The zero-order valence-electron chi connectivity index (χ0n) is 19.2. The number of benzene rings is 1. The lowest BCUT2D eigenvalue weighted by Gasteiger charge is -2.37. The van der Waals surface area contributed by atoms with Gasteiger partial charge in [-0.05, 0) is 48.4 Å². The second kappa shape index (κ2) is 10.7. The average molecular weight is 475 g/mol. The molecule has 2 aromatic rings. The molecule has 2 amide bonds. The zero-order valence-corrected chi connectivity index (χ0v) is 20.0. The van der Waals surface area contributed by atoms with Gasteiger partial charge in [0.2, 0.25) is 11.8 Å². The Morgan fingerprint density at radius 1 is 1.30 bits per heavy atom. The number of ether oxygens (including phenoxy) is 2. The fourth-order valence-electron chi connectivity index (χ4n) is 4.49. The second-order valence-electron chi connectivity index (χ2n) is 8.90. The molecule has 0 unspecified atom stereocenters. The Hall–Kier alpha value is -2.45. The molecule has 4 rings (SSSR count). The first-order valence-electron chi connectivity index (χ1n) is 11.6. The molecule has 1 fully saturated rings. The van der Waals surface area contributed by atoms with E-state index in [0.717, 1.165) is 24.8 Å². The predicted molar refractivity (Wildman–Crippen MR) is 125 cm³/mol. The lowest BCUT2D eigenvalue weighted by molar-refractivity contribution is -0.145. The third-order valence-corrected chi connectivity index (χ3v) is 7.22. The van der Waals surface area contributed by atoms with Gasteiger partial charge in [0.05, 0.1) is 18.7 Å². The summed E-state index contributed by atoms with van der Waals surface area (Å²) < 4.78 is 25.6. The maximum Gasteiger partial charge on any atom is 0.242 e. The topological polar surface area (TPSA) is 59.1 Å². The largest absolute Gasteiger partial charge is 0.488 e. The molecule has 0 aliphatic carbocycles. The summed E-state index contributed by atoms with van der Waals surface area (Å²) in [7, 11) is 0. The van der Waals surface area contributed by atoms with E-state index in [-0.39, 0.29) is 48.8 Å². The van der Waals surface area contributed by atoms with Crippen LogP contribution in [0.1, 0.15) is 43.2 Å². The molecule has 0 N–H and O–H groups in total. The SMILES string of the molecule is CC(C)C(=O)N(CC(=O)N1CCc2sccc2[C@@H]1COc1ccccc1F)C[C@@H]1CCCO1. The van der Waals surface area contributed by atoms with Gasteiger partial charge in [0.15, 0.2) is 11.6 Å². The van der Waals surface area contributed by atoms with E-state index in [4.69, 9.17) is 9.47 Å². The Kier molecular flexibility index (Phi) is 7.65. The van der Waals surface area contributed by atoms with Crippen molar-refractivity contribution < 1.29 is 23.5 Å². The first-order valence-corrected chi connectivity index (χ1v) is 12.5. The summed E-state index contributed by atoms with van der Waals surface area (Å²) in [5.74, 6) is -0.638. The summed E-state index contributed by atoms with van der Waals surface area (Å²) in [4.78, 5) is 31.0. The van der Waals surface area contributed by atoms with Gasteiger partial charge in [0.25, 0.3) is 0 Å². The Labute approximate surface area is 198 Å². The molecular formula is C25H31FN2O4S. The highest BCUT2D eigenvalue weighted by molar-refractivity contribution is 7.10. The number of amides is 2. The molecule has 0 bridgehead atoms. The highest BCUT2D eigenvalue weighted by Gasteiger charge is 2.34. The first-order chi connectivity index (χ1) is 15.9. The molecule has 2 aliphatic heterocycles. The third-order valence-electron chi connectivity index (χ3n) is 6.23. The lowest BCUT2D eigenvalue weighted by Crippen LogP contribution is -2.50. The van der Waals surface area contributed by atoms with Crippen LogP contribution in [-0.4, -0.2) is 60.6 Å². The number of para-hydroxylation sites is 1. The molecule has 6 nitrogen and oxygen atoms in total. The van der Waals surface area contributed by atoms with E-state index < -0.39 is 5.82 Å². The van der Waals surface area contributed by atoms with Crippen LogP contribution in [0.2, 0.25) is 0 Å². The fourth-order valence-corrected chi connectivity index (χ4v) is 5.42. The molecule has 1 saturated heterocycles. The van der Waals surface area contributed by atoms with E-state index in [9.17, 15) is 14.0 Å². The minimum Gasteiger partial charge on any atom is -0.488 e. The molecule has 8 heteroatoms. The van der Waals surface area contributed by atoms with Crippen molar-refractivity contribution in [1.29, 1.82) is 0 Å². The van der Waals surface area contributed by atoms with Crippen molar-refractivity contribution in [3.63, 3.8) is 0 Å². The number of halogens is 1. The van der Waals surface area contributed by atoms with Gasteiger partial charge in [-0.25, -0.2) is 4.39 Å². The van der Waals surface area contributed by atoms with Gasteiger partial charge >= 0.3 is 0 Å². The molecule has 0 radical (unpaired) electrons. The van der Waals surface area contributed by atoms with Crippen LogP contribution in [-0.2, 0) is 20.7 Å². The highest BCUT2D eigenvalue weighted by atomic mass is 32.1. The van der Waals surface area contributed by atoms with E-state index in [1.54, 1.807) is 39.3 Å². The van der Waals surface area contributed by atoms with Crippen molar-refractivity contribution in [2.75, 3.05) is 32.8 Å². The van der Waals surface area contributed by atoms with Crippen LogP contribution < -0.4 is 4.74 Å². The fraction of sp³-hybridized carbons (Fsp3) is 0.520. The summed E-state index contributed by atoms with van der Waals surface area (Å²) >= 11 is 1.66. The van der Waals surface area contributed by atoms with Gasteiger partial charge in [0, 0.05) is 30.5 Å². The molecule has 0 spiro atoms. The predicted octanol–water partition coefficient (Wildman–Crippen LogP) is 4.06. The molecule has 3 heterocycles. The minimum absolute atomic E-state index is 0.00649. The van der Waals surface area contributed by atoms with Crippen LogP contribution in [0, 0.1) is 11.7 Å². The van der Waals surface area contributed by atoms with Crippen LogP contribution >= 0.6 is 11.3 Å². The van der Waals surface area contributed by atoms with Gasteiger partial charge in [-0.15, -0.1) is 11.3 Å². The van der Waals surface area contributed by atoms with Crippen LogP contribution in [0.15, 0.2) is 35.7 Å². The molecule has 2 aliphatic rings. The second-order valence-corrected chi connectivity index (χ2v) is 9.90.